The Bertz CT molecular complexity index is 1890. The predicted octanol–water partition coefficient (Wildman–Crippen LogP) is 12.3. The molecule has 6 rings (SSSR count). The largest absolute Gasteiger partial charge is 0.207 e. The summed E-state index contributed by atoms with van der Waals surface area (Å²) < 4.78 is 29.6. The van der Waals surface area contributed by atoms with Gasteiger partial charge in [0.25, 0.3) is 0 Å². The maximum absolute atomic E-state index is 15.3. The number of hydrogen-bond acceptors (Lipinski definition) is 0. The lowest BCUT2D eigenvalue weighted by Crippen LogP contribution is -2.21. The second-order valence-electron chi connectivity index (χ2n) is 13.3. The van der Waals surface area contributed by atoms with Crippen molar-refractivity contribution in [1.82, 2.24) is 0 Å². The highest BCUT2D eigenvalue weighted by Gasteiger charge is 2.49. The van der Waals surface area contributed by atoms with Crippen LogP contribution in [-0.4, -0.2) is 0 Å². The van der Waals surface area contributed by atoms with E-state index in [9.17, 15) is 0 Å². The zero-order chi connectivity index (χ0) is 33.1. The maximum atomic E-state index is 15.3. The van der Waals surface area contributed by atoms with E-state index < -0.39 is 16.0 Å². The van der Waals surface area contributed by atoms with Crippen LogP contribution in [0.2, 0.25) is 0 Å². The van der Waals surface area contributed by atoms with Crippen LogP contribution >= 0.6 is 15.9 Å². The molecule has 0 aliphatic heterocycles. The second kappa shape index (κ2) is 11.9. The molecule has 0 bridgehead atoms. The molecule has 0 aromatic heterocycles. The molecular formula is C43H39BrF2. The highest BCUT2D eigenvalue weighted by Crippen LogP contribution is 2.65. The first-order chi connectivity index (χ1) is 21.7. The van der Waals surface area contributed by atoms with Gasteiger partial charge in [-0.1, -0.05) is 133 Å². The van der Waals surface area contributed by atoms with Gasteiger partial charge in [-0.3, -0.25) is 0 Å². The molecule has 46 heavy (non-hydrogen) atoms. The fourth-order valence-corrected chi connectivity index (χ4v) is 8.58. The van der Waals surface area contributed by atoms with Crippen LogP contribution in [0.5, 0.6) is 0 Å². The Morgan fingerprint density at radius 3 is 0.913 bits per heavy atom. The molecule has 5 aromatic carbocycles. The van der Waals surface area contributed by atoms with Crippen molar-refractivity contribution in [3.8, 4) is 0 Å². The van der Waals surface area contributed by atoms with Gasteiger partial charge in [-0.2, -0.15) is 0 Å². The number of allylic oxidation sites excluding steroid dienone is 4. The van der Waals surface area contributed by atoms with Crippen molar-refractivity contribution in [2.24, 2.45) is 0 Å². The fourth-order valence-electron chi connectivity index (χ4n) is 7.50. The highest BCUT2D eigenvalue weighted by atomic mass is 79.9. The quantitative estimate of drug-likeness (QED) is 0.163. The lowest BCUT2D eigenvalue weighted by molar-refractivity contribution is 0.579. The van der Waals surface area contributed by atoms with Gasteiger partial charge in [0.1, 0.15) is 16.0 Å². The van der Waals surface area contributed by atoms with Crippen LogP contribution < -0.4 is 0 Å². The molecule has 0 nitrogen and oxygen atoms in total. The number of aryl methyl sites for hydroxylation is 8. The first-order valence-corrected chi connectivity index (χ1v) is 16.5. The monoisotopic (exact) mass is 672 g/mol. The second-order valence-corrected chi connectivity index (χ2v) is 14.5. The molecule has 0 heterocycles. The summed E-state index contributed by atoms with van der Waals surface area (Å²) in [5.41, 5.74) is 17.8. The molecule has 0 atom stereocenters. The fraction of sp³-hybridized carbons (Fsp3) is 0.209. The molecule has 1 aliphatic carbocycles. The summed E-state index contributed by atoms with van der Waals surface area (Å²) in [7, 11) is 0. The third kappa shape index (κ3) is 5.82. The molecule has 3 heteroatoms. The van der Waals surface area contributed by atoms with Crippen molar-refractivity contribution in [3.05, 3.63) is 175 Å². The first-order valence-electron chi connectivity index (χ1n) is 15.7. The number of rotatable bonds is 5. The van der Waals surface area contributed by atoms with Crippen LogP contribution in [0.3, 0.4) is 0 Å². The molecule has 0 amide bonds. The van der Waals surface area contributed by atoms with E-state index in [2.05, 4.69) is 144 Å². The number of halogens is 3. The minimum absolute atomic E-state index is 0.509. The van der Waals surface area contributed by atoms with Gasteiger partial charge in [0.05, 0.1) is 0 Å². The van der Waals surface area contributed by atoms with Crippen molar-refractivity contribution in [2.75, 3.05) is 0 Å². The Balaban J connectivity index is 1.93. The van der Waals surface area contributed by atoms with Crippen LogP contribution in [0.1, 0.15) is 72.3 Å². The zero-order valence-electron chi connectivity index (χ0n) is 27.8. The number of alkyl halides is 1. The van der Waals surface area contributed by atoms with Crippen molar-refractivity contribution in [3.63, 3.8) is 0 Å². The van der Waals surface area contributed by atoms with E-state index in [4.69, 9.17) is 0 Å². The molecule has 0 saturated carbocycles. The molecule has 5 aromatic rings. The Kier molecular flexibility index (Phi) is 8.27. The average Bonchev–Trinajstić information content (AvgIpc) is 3.21. The highest BCUT2D eigenvalue weighted by molar-refractivity contribution is 9.10. The average molecular weight is 674 g/mol. The topological polar surface area (TPSA) is 0 Å². The van der Waals surface area contributed by atoms with Gasteiger partial charge in [-0.25, -0.2) is 8.78 Å². The number of benzene rings is 5. The molecule has 0 spiro atoms. The van der Waals surface area contributed by atoms with Crippen molar-refractivity contribution >= 4 is 38.2 Å². The molecule has 0 fully saturated rings. The van der Waals surface area contributed by atoms with Gasteiger partial charge in [-0.15, -0.1) is 0 Å². The summed E-state index contributed by atoms with van der Waals surface area (Å²) >= 11 is 4.33. The Labute approximate surface area is 280 Å². The van der Waals surface area contributed by atoms with Gasteiger partial charge >= 0.3 is 0 Å². The molecule has 0 unspecified atom stereocenters. The maximum Gasteiger partial charge on any atom is 0.126 e. The van der Waals surface area contributed by atoms with E-state index in [1.54, 1.807) is 0 Å². The van der Waals surface area contributed by atoms with E-state index in [-0.39, 0.29) is 0 Å². The van der Waals surface area contributed by atoms with E-state index in [0.29, 0.717) is 5.56 Å². The molecular weight excluding hydrogens is 634 g/mol. The van der Waals surface area contributed by atoms with Gasteiger partial charge < -0.3 is 0 Å². The Morgan fingerprint density at radius 1 is 0.370 bits per heavy atom. The summed E-state index contributed by atoms with van der Waals surface area (Å²) in [4.78, 5) is 0. The summed E-state index contributed by atoms with van der Waals surface area (Å²) in [6.45, 7) is 16.9. The minimum Gasteiger partial charge on any atom is -0.207 e. The Morgan fingerprint density at radius 2 is 0.630 bits per heavy atom. The SMILES string of the molecule is Cc1cc(C)cc(C2=C(c3cc(C)cc(C)c3)C(Br)(c3cc(F)cc(F)c3)C(c3cc(C)cc(C)c3)=C2c2cc(C)cc(C)c2)c1. The van der Waals surface area contributed by atoms with Crippen molar-refractivity contribution in [2.45, 2.75) is 59.7 Å². The third-order valence-electron chi connectivity index (χ3n) is 8.74. The summed E-state index contributed by atoms with van der Waals surface area (Å²) in [5.74, 6) is -1.22. The summed E-state index contributed by atoms with van der Waals surface area (Å²) in [6, 6.07) is 30.3. The van der Waals surface area contributed by atoms with Crippen LogP contribution in [0.25, 0.3) is 22.3 Å². The van der Waals surface area contributed by atoms with Crippen LogP contribution in [0.4, 0.5) is 8.78 Å². The Hall–Kier alpha value is -4.08. The first kappa shape index (κ1) is 31.9. The van der Waals surface area contributed by atoms with Gasteiger partial charge in [0.15, 0.2) is 0 Å². The standard InChI is InChI=1S/C43H39BrF2/c1-24-9-25(2)14-32(13-24)39-40(33-15-26(3)10-27(4)16-33)42(35-19-30(7)12-31(8)20-35)43(44,36-21-37(45)23-38(46)22-36)41(39)34-17-28(5)11-29(6)18-34/h9-23H,1-8H3. The van der Waals surface area contributed by atoms with Gasteiger partial charge in [-0.05, 0) is 118 Å². The molecule has 0 N–H and O–H groups in total. The predicted molar refractivity (Wildman–Crippen MR) is 194 cm³/mol. The van der Waals surface area contributed by atoms with E-state index in [1.807, 2.05) is 0 Å². The van der Waals surface area contributed by atoms with E-state index >= 15 is 8.78 Å². The minimum atomic E-state index is -1.10. The third-order valence-corrected chi connectivity index (χ3v) is 9.99. The van der Waals surface area contributed by atoms with Crippen LogP contribution in [0, 0.1) is 67.0 Å². The molecule has 0 saturated heterocycles. The van der Waals surface area contributed by atoms with Crippen LogP contribution in [0.15, 0.2) is 91.0 Å². The van der Waals surface area contributed by atoms with E-state index in [0.717, 1.165) is 95.1 Å². The van der Waals surface area contributed by atoms with Crippen molar-refractivity contribution < 1.29 is 8.78 Å². The van der Waals surface area contributed by atoms with Crippen LogP contribution in [-0.2, 0) is 4.32 Å². The van der Waals surface area contributed by atoms with Crippen molar-refractivity contribution in [1.29, 1.82) is 0 Å². The lowest BCUT2D eigenvalue weighted by atomic mass is 9.79. The lowest BCUT2D eigenvalue weighted by Gasteiger charge is -2.32. The van der Waals surface area contributed by atoms with Gasteiger partial charge in [0.2, 0.25) is 0 Å². The van der Waals surface area contributed by atoms with E-state index in [1.165, 1.54) is 12.1 Å². The number of hydrogen-bond donors (Lipinski definition) is 0. The smallest absolute Gasteiger partial charge is 0.126 e. The van der Waals surface area contributed by atoms with Gasteiger partial charge in [0, 0.05) is 6.07 Å². The summed E-state index contributed by atoms with van der Waals surface area (Å²) in [6.07, 6.45) is 0. The molecule has 1 aliphatic rings. The zero-order valence-corrected chi connectivity index (χ0v) is 29.4. The summed E-state index contributed by atoms with van der Waals surface area (Å²) in [5, 5.41) is 0. The molecule has 232 valence electrons. The normalized spacial score (nSPS) is 14.4. The molecule has 0 radical (unpaired) electrons.